The number of rotatable bonds is 4. The van der Waals surface area contributed by atoms with Crippen LogP contribution in [0.15, 0.2) is 18.2 Å². The molecule has 0 saturated carbocycles. The fourth-order valence-corrected chi connectivity index (χ4v) is 1.67. The molecule has 2 N–H and O–H groups in total. The van der Waals surface area contributed by atoms with Crippen LogP contribution < -0.4 is 5.32 Å². The molecule has 0 aliphatic heterocycles. The third-order valence-electron chi connectivity index (χ3n) is 2.27. The topological polar surface area (TPSA) is 66.4 Å². The summed E-state index contributed by atoms with van der Waals surface area (Å²) in [6.07, 6.45) is 0.820. The Morgan fingerprint density at radius 1 is 1.35 bits per heavy atom. The fourth-order valence-electron chi connectivity index (χ4n) is 1.67. The molecule has 0 fully saturated rings. The predicted molar refractivity (Wildman–Crippen MR) is 66.2 cm³/mol. The third-order valence-corrected chi connectivity index (χ3v) is 2.27. The number of nitrogens with one attached hydrogen (secondary N) is 1. The molecule has 0 aliphatic rings. The van der Waals surface area contributed by atoms with Gasteiger partial charge in [0.2, 0.25) is 5.91 Å². The van der Waals surface area contributed by atoms with Crippen molar-refractivity contribution in [3.05, 3.63) is 29.3 Å². The Bertz CT molecular complexity index is 438. The zero-order valence-electron chi connectivity index (χ0n) is 10.3. The zero-order valence-corrected chi connectivity index (χ0v) is 10.3. The molecule has 0 spiro atoms. The minimum atomic E-state index is -1.03. The van der Waals surface area contributed by atoms with Gasteiger partial charge in [0.05, 0.1) is 11.3 Å². The first kappa shape index (κ1) is 13.2. The van der Waals surface area contributed by atoms with E-state index in [1.807, 2.05) is 6.07 Å². The smallest absolute Gasteiger partial charge is 0.337 e. The first-order chi connectivity index (χ1) is 7.90. The summed E-state index contributed by atoms with van der Waals surface area (Å²) in [4.78, 5) is 22.0. The van der Waals surface area contributed by atoms with Crippen LogP contribution >= 0.6 is 0 Å². The van der Waals surface area contributed by atoms with Crippen LogP contribution in [0.1, 0.15) is 36.7 Å². The number of carbonyl (C=O) groups is 2. The number of carboxylic acid groups (broad SMARTS) is 1. The Morgan fingerprint density at radius 2 is 2.00 bits per heavy atom. The molecule has 0 aromatic heterocycles. The molecule has 4 heteroatoms. The summed E-state index contributed by atoms with van der Waals surface area (Å²) in [7, 11) is 0. The second kappa shape index (κ2) is 5.48. The standard InChI is InChI=1S/C13H17NO3/c1-8(2)6-10-4-5-12(14-9(3)15)11(7-10)13(16)17/h4-5,7-8H,6H2,1-3H3,(H,14,15)(H,16,17). The summed E-state index contributed by atoms with van der Waals surface area (Å²) in [5.74, 6) is -0.841. The van der Waals surface area contributed by atoms with Gasteiger partial charge in [0.1, 0.15) is 0 Å². The first-order valence-electron chi connectivity index (χ1n) is 5.54. The van der Waals surface area contributed by atoms with Gasteiger partial charge >= 0.3 is 5.97 Å². The molecule has 0 heterocycles. The van der Waals surface area contributed by atoms with E-state index in [0.29, 0.717) is 11.6 Å². The van der Waals surface area contributed by atoms with E-state index < -0.39 is 5.97 Å². The Morgan fingerprint density at radius 3 is 2.47 bits per heavy atom. The molecule has 17 heavy (non-hydrogen) atoms. The first-order valence-corrected chi connectivity index (χ1v) is 5.54. The van der Waals surface area contributed by atoms with Crippen molar-refractivity contribution in [1.82, 2.24) is 0 Å². The Balaban J connectivity index is 3.08. The Labute approximate surface area is 101 Å². The van der Waals surface area contributed by atoms with Crippen LogP contribution in [0.5, 0.6) is 0 Å². The summed E-state index contributed by atoms with van der Waals surface area (Å²) < 4.78 is 0. The van der Waals surface area contributed by atoms with Gasteiger partial charge in [-0.05, 0) is 30.0 Å². The summed E-state index contributed by atoms with van der Waals surface area (Å²) >= 11 is 0. The van der Waals surface area contributed by atoms with Crippen molar-refractivity contribution in [2.75, 3.05) is 5.32 Å². The maximum atomic E-state index is 11.1. The number of hydrogen-bond donors (Lipinski definition) is 2. The van der Waals surface area contributed by atoms with Crippen LogP contribution in [0, 0.1) is 5.92 Å². The lowest BCUT2D eigenvalue weighted by atomic mass is 10.00. The lowest BCUT2D eigenvalue weighted by Gasteiger charge is -2.10. The van der Waals surface area contributed by atoms with E-state index in [0.717, 1.165) is 12.0 Å². The van der Waals surface area contributed by atoms with Crippen molar-refractivity contribution < 1.29 is 14.7 Å². The molecular formula is C13H17NO3. The molecule has 4 nitrogen and oxygen atoms in total. The number of hydrogen-bond acceptors (Lipinski definition) is 2. The Hall–Kier alpha value is -1.84. The van der Waals surface area contributed by atoms with E-state index in [4.69, 9.17) is 5.11 Å². The average Bonchev–Trinajstić information content (AvgIpc) is 2.18. The van der Waals surface area contributed by atoms with E-state index in [-0.39, 0.29) is 11.5 Å². The quantitative estimate of drug-likeness (QED) is 0.842. The number of carbonyl (C=O) groups excluding carboxylic acids is 1. The van der Waals surface area contributed by atoms with Crippen molar-refractivity contribution in [2.24, 2.45) is 5.92 Å². The molecule has 0 saturated heterocycles. The van der Waals surface area contributed by atoms with Crippen LogP contribution in [0.3, 0.4) is 0 Å². The predicted octanol–water partition coefficient (Wildman–Crippen LogP) is 2.54. The molecule has 0 radical (unpaired) electrons. The van der Waals surface area contributed by atoms with Gasteiger partial charge in [-0.25, -0.2) is 4.79 Å². The number of anilines is 1. The largest absolute Gasteiger partial charge is 0.478 e. The van der Waals surface area contributed by atoms with Crippen LogP contribution in [0.25, 0.3) is 0 Å². The van der Waals surface area contributed by atoms with E-state index in [1.54, 1.807) is 12.1 Å². The summed E-state index contributed by atoms with van der Waals surface area (Å²) in [6, 6.07) is 5.11. The molecule has 0 unspecified atom stereocenters. The van der Waals surface area contributed by atoms with Crippen molar-refractivity contribution in [2.45, 2.75) is 27.2 Å². The monoisotopic (exact) mass is 235 g/mol. The van der Waals surface area contributed by atoms with Crippen LogP contribution in [0.4, 0.5) is 5.69 Å². The number of carboxylic acids is 1. The van der Waals surface area contributed by atoms with Crippen molar-refractivity contribution >= 4 is 17.6 Å². The van der Waals surface area contributed by atoms with E-state index >= 15 is 0 Å². The fraction of sp³-hybridized carbons (Fsp3) is 0.385. The second-order valence-electron chi connectivity index (χ2n) is 4.46. The molecule has 92 valence electrons. The van der Waals surface area contributed by atoms with Crippen molar-refractivity contribution in [1.29, 1.82) is 0 Å². The summed E-state index contributed by atoms with van der Waals surface area (Å²) in [6.45, 7) is 5.50. The van der Waals surface area contributed by atoms with Gasteiger partial charge in [0.15, 0.2) is 0 Å². The third kappa shape index (κ3) is 3.90. The van der Waals surface area contributed by atoms with Crippen LogP contribution in [-0.2, 0) is 11.2 Å². The van der Waals surface area contributed by atoms with E-state index in [9.17, 15) is 9.59 Å². The number of aromatic carboxylic acids is 1. The molecule has 0 atom stereocenters. The van der Waals surface area contributed by atoms with Crippen LogP contribution in [-0.4, -0.2) is 17.0 Å². The summed E-state index contributed by atoms with van der Waals surface area (Å²) in [5, 5.41) is 11.6. The van der Waals surface area contributed by atoms with Crippen molar-refractivity contribution in [3.8, 4) is 0 Å². The van der Waals surface area contributed by atoms with Gasteiger partial charge in [-0.1, -0.05) is 19.9 Å². The molecular weight excluding hydrogens is 218 g/mol. The van der Waals surface area contributed by atoms with Gasteiger partial charge in [0.25, 0.3) is 0 Å². The number of amides is 1. The lowest BCUT2D eigenvalue weighted by molar-refractivity contribution is -0.114. The Kier molecular flexibility index (Phi) is 4.26. The van der Waals surface area contributed by atoms with Crippen molar-refractivity contribution in [3.63, 3.8) is 0 Å². The number of benzene rings is 1. The summed E-state index contributed by atoms with van der Waals surface area (Å²) in [5.41, 5.74) is 1.45. The van der Waals surface area contributed by atoms with Gasteiger partial charge in [-0.15, -0.1) is 0 Å². The van der Waals surface area contributed by atoms with Gasteiger partial charge in [0, 0.05) is 6.92 Å². The molecule has 1 aromatic carbocycles. The SMILES string of the molecule is CC(=O)Nc1ccc(CC(C)C)cc1C(=O)O. The second-order valence-corrected chi connectivity index (χ2v) is 4.46. The minimum Gasteiger partial charge on any atom is -0.478 e. The highest BCUT2D eigenvalue weighted by molar-refractivity contribution is 6.00. The van der Waals surface area contributed by atoms with E-state index in [1.165, 1.54) is 6.92 Å². The lowest BCUT2D eigenvalue weighted by Crippen LogP contribution is -2.11. The molecule has 1 rings (SSSR count). The van der Waals surface area contributed by atoms with Gasteiger partial charge < -0.3 is 10.4 Å². The zero-order chi connectivity index (χ0) is 13.0. The van der Waals surface area contributed by atoms with Crippen LogP contribution in [0.2, 0.25) is 0 Å². The highest BCUT2D eigenvalue weighted by Gasteiger charge is 2.12. The molecule has 1 amide bonds. The molecule has 0 bridgehead atoms. The highest BCUT2D eigenvalue weighted by atomic mass is 16.4. The van der Waals surface area contributed by atoms with Gasteiger partial charge in [-0.2, -0.15) is 0 Å². The maximum absolute atomic E-state index is 11.1. The normalized spacial score (nSPS) is 10.4. The highest BCUT2D eigenvalue weighted by Crippen LogP contribution is 2.19. The molecule has 0 aliphatic carbocycles. The van der Waals surface area contributed by atoms with Gasteiger partial charge in [-0.3, -0.25) is 4.79 Å². The maximum Gasteiger partial charge on any atom is 0.337 e. The molecule has 1 aromatic rings. The average molecular weight is 235 g/mol. The minimum absolute atomic E-state index is 0.137. The van der Waals surface area contributed by atoms with E-state index in [2.05, 4.69) is 19.2 Å².